The van der Waals surface area contributed by atoms with Gasteiger partial charge in [-0.1, -0.05) is 18.2 Å². The van der Waals surface area contributed by atoms with Crippen molar-refractivity contribution in [3.8, 4) is 0 Å². The van der Waals surface area contributed by atoms with Crippen LogP contribution in [0.5, 0.6) is 0 Å². The Hall–Kier alpha value is -1.51. The fraction of sp³-hybridized carbons (Fsp3) is 0.364. The molecule has 2 rings (SSSR count). The molecule has 74 valence electrons. The molecule has 0 fully saturated rings. The minimum atomic E-state index is -0.265. The van der Waals surface area contributed by atoms with Crippen LogP contribution in [0, 0.1) is 6.92 Å². The van der Waals surface area contributed by atoms with E-state index in [4.69, 9.17) is 5.73 Å². The summed E-state index contributed by atoms with van der Waals surface area (Å²) in [6.07, 6.45) is 1.73. The van der Waals surface area contributed by atoms with E-state index in [0.717, 1.165) is 18.5 Å². The molecule has 1 aromatic carbocycles. The van der Waals surface area contributed by atoms with E-state index < -0.39 is 0 Å². The fourth-order valence-electron chi connectivity index (χ4n) is 1.90. The van der Waals surface area contributed by atoms with Crippen LogP contribution in [0.3, 0.4) is 0 Å². The zero-order valence-electron chi connectivity index (χ0n) is 8.21. The number of amides is 1. The molecule has 0 radical (unpaired) electrons. The summed E-state index contributed by atoms with van der Waals surface area (Å²) in [5, 5.41) is 3.19. The maximum atomic E-state index is 11.0. The Morgan fingerprint density at radius 1 is 1.57 bits per heavy atom. The number of hydrogen-bond donors (Lipinski definition) is 2. The number of aryl methyl sites for hydroxylation is 2. The van der Waals surface area contributed by atoms with Crippen molar-refractivity contribution >= 4 is 11.6 Å². The molecule has 0 saturated carbocycles. The first-order valence-corrected chi connectivity index (χ1v) is 4.83. The van der Waals surface area contributed by atoms with Crippen LogP contribution in [0.2, 0.25) is 0 Å². The molecule has 1 heterocycles. The van der Waals surface area contributed by atoms with Crippen molar-refractivity contribution < 1.29 is 4.79 Å². The van der Waals surface area contributed by atoms with Gasteiger partial charge in [-0.15, -0.1) is 0 Å². The highest BCUT2D eigenvalue weighted by Crippen LogP contribution is 2.27. The molecule has 0 spiro atoms. The Kier molecular flexibility index (Phi) is 2.15. The van der Waals surface area contributed by atoms with Crippen LogP contribution in [-0.2, 0) is 11.2 Å². The smallest absolute Gasteiger partial charge is 0.239 e. The van der Waals surface area contributed by atoms with Gasteiger partial charge in [0.15, 0.2) is 0 Å². The zero-order chi connectivity index (χ0) is 10.1. The highest BCUT2D eigenvalue weighted by Gasteiger charge is 2.22. The molecule has 1 amide bonds. The third-order valence-corrected chi connectivity index (χ3v) is 2.72. The number of nitrogens with two attached hydrogens (primary N) is 1. The number of benzene rings is 1. The van der Waals surface area contributed by atoms with Gasteiger partial charge in [-0.3, -0.25) is 4.79 Å². The average molecular weight is 190 g/mol. The predicted molar refractivity (Wildman–Crippen MR) is 56.1 cm³/mol. The number of carbonyl (C=O) groups excluding carboxylic acids is 1. The summed E-state index contributed by atoms with van der Waals surface area (Å²) in [6.45, 7) is 2.04. The van der Waals surface area contributed by atoms with Gasteiger partial charge in [0, 0.05) is 5.69 Å². The topological polar surface area (TPSA) is 55.1 Å². The van der Waals surface area contributed by atoms with Crippen LogP contribution in [0.25, 0.3) is 0 Å². The highest BCUT2D eigenvalue weighted by molar-refractivity contribution is 5.84. The maximum Gasteiger partial charge on any atom is 0.239 e. The van der Waals surface area contributed by atoms with E-state index in [1.54, 1.807) is 0 Å². The largest absolute Gasteiger partial charge is 0.373 e. The van der Waals surface area contributed by atoms with Crippen LogP contribution < -0.4 is 11.1 Å². The van der Waals surface area contributed by atoms with E-state index >= 15 is 0 Å². The van der Waals surface area contributed by atoms with Gasteiger partial charge in [0.2, 0.25) is 5.91 Å². The standard InChI is InChI=1S/C11H14N2O/c1-7-3-2-4-8-5-6-9(11(12)14)13-10(7)8/h2-4,9,13H,5-6H2,1H3,(H2,12,14). The third-order valence-electron chi connectivity index (χ3n) is 2.72. The summed E-state index contributed by atoms with van der Waals surface area (Å²) in [5.41, 5.74) is 8.81. The molecule has 1 unspecified atom stereocenters. The average Bonchev–Trinajstić information content (AvgIpc) is 2.18. The lowest BCUT2D eigenvalue weighted by Gasteiger charge is -2.26. The van der Waals surface area contributed by atoms with E-state index in [9.17, 15) is 4.79 Å². The monoisotopic (exact) mass is 190 g/mol. The number of para-hydroxylation sites is 1. The van der Waals surface area contributed by atoms with Crippen LogP contribution in [0.1, 0.15) is 17.5 Å². The van der Waals surface area contributed by atoms with Crippen molar-refractivity contribution in [3.05, 3.63) is 29.3 Å². The van der Waals surface area contributed by atoms with E-state index in [0.29, 0.717) is 0 Å². The van der Waals surface area contributed by atoms with Crippen LogP contribution in [0.4, 0.5) is 5.69 Å². The summed E-state index contributed by atoms with van der Waals surface area (Å²) in [4.78, 5) is 11.0. The molecular weight excluding hydrogens is 176 g/mol. The lowest BCUT2D eigenvalue weighted by Crippen LogP contribution is -2.38. The SMILES string of the molecule is Cc1cccc2c1NC(C(N)=O)CC2. The Labute approximate surface area is 83.3 Å². The number of fused-ring (bicyclic) bond motifs is 1. The summed E-state index contributed by atoms with van der Waals surface area (Å²) in [7, 11) is 0. The number of hydrogen-bond acceptors (Lipinski definition) is 2. The van der Waals surface area contributed by atoms with Gasteiger partial charge in [-0.05, 0) is 30.9 Å². The van der Waals surface area contributed by atoms with Gasteiger partial charge < -0.3 is 11.1 Å². The van der Waals surface area contributed by atoms with E-state index in [1.807, 2.05) is 19.1 Å². The van der Waals surface area contributed by atoms with Gasteiger partial charge in [0.1, 0.15) is 6.04 Å². The second-order valence-electron chi connectivity index (χ2n) is 3.75. The summed E-state index contributed by atoms with van der Waals surface area (Å²) in [5.74, 6) is -0.265. The van der Waals surface area contributed by atoms with Gasteiger partial charge >= 0.3 is 0 Å². The lowest BCUT2D eigenvalue weighted by molar-refractivity contribution is -0.118. The molecule has 0 aliphatic carbocycles. The van der Waals surface area contributed by atoms with Crippen molar-refractivity contribution in [2.45, 2.75) is 25.8 Å². The third kappa shape index (κ3) is 1.45. The normalized spacial score (nSPS) is 19.6. The summed E-state index contributed by atoms with van der Waals surface area (Å²) >= 11 is 0. The molecule has 1 aliphatic rings. The minimum absolute atomic E-state index is 0.205. The fourth-order valence-corrected chi connectivity index (χ4v) is 1.90. The molecule has 0 aromatic heterocycles. The molecule has 3 N–H and O–H groups in total. The number of anilines is 1. The maximum absolute atomic E-state index is 11.0. The van der Waals surface area contributed by atoms with E-state index in [-0.39, 0.29) is 11.9 Å². The second kappa shape index (κ2) is 3.33. The zero-order valence-corrected chi connectivity index (χ0v) is 8.21. The van der Waals surface area contributed by atoms with Gasteiger partial charge in [-0.25, -0.2) is 0 Å². The highest BCUT2D eigenvalue weighted by atomic mass is 16.1. The van der Waals surface area contributed by atoms with Crippen molar-refractivity contribution in [1.29, 1.82) is 0 Å². The summed E-state index contributed by atoms with van der Waals surface area (Å²) < 4.78 is 0. The van der Waals surface area contributed by atoms with Crippen molar-refractivity contribution in [1.82, 2.24) is 0 Å². The number of rotatable bonds is 1. The number of primary amides is 1. The molecule has 0 bridgehead atoms. The van der Waals surface area contributed by atoms with Crippen molar-refractivity contribution in [2.24, 2.45) is 5.73 Å². The van der Waals surface area contributed by atoms with Crippen LogP contribution in [0.15, 0.2) is 18.2 Å². The quantitative estimate of drug-likeness (QED) is 0.699. The Balaban J connectivity index is 2.33. The molecule has 0 saturated heterocycles. The Morgan fingerprint density at radius 2 is 2.36 bits per heavy atom. The molecule has 1 atom stereocenters. The first kappa shape index (κ1) is 9.06. The Bertz CT molecular complexity index is 374. The van der Waals surface area contributed by atoms with Crippen molar-refractivity contribution in [3.63, 3.8) is 0 Å². The molecule has 3 nitrogen and oxygen atoms in total. The minimum Gasteiger partial charge on any atom is -0.373 e. The summed E-state index contributed by atoms with van der Waals surface area (Å²) in [6, 6.07) is 5.96. The van der Waals surface area contributed by atoms with Crippen LogP contribution in [-0.4, -0.2) is 11.9 Å². The lowest BCUT2D eigenvalue weighted by atomic mass is 9.95. The van der Waals surface area contributed by atoms with Gasteiger partial charge in [0.05, 0.1) is 0 Å². The molecule has 1 aromatic rings. The first-order chi connectivity index (χ1) is 6.68. The molecular formula is C11H14N2O. The van der Waals surface area contributed by atoms with Crippen molar-refractivity contribution in [2.75, 3.05) is 5.32 Å². The number of nitrogens with one attached hydrogen (secondary N) is 1. The number of carbonyl (C=O) groups is 1. The van der Waals surface area contributed by atoms with E-state index in [1.165, 1.54) is 11.1 Å². The van der Waals surface area contributed by atoms with Gasteiger partial charge in [-0.2, -0.15) is 0 Å². The molecule has 3 heteroatoms. The molecule has 14 heavy (non-hydrogen) atoms. The van der Waals surface area contributed by atoms with Gasteiger partial charge in [0.25, 0.3) is 0 Å². The molecule has 1 aliphatic heterocycles. The second-order valence-corrected chi connectivity index (χ2v) is 3.75. The predicted octanol–water partition coefficient (Wildman–Crippen LogP) is 1.21. The van der Waals surface area contributed by atoms with Crippen LogP contribution >= 0.6 is 0 Å². The Morgan fingerprint density at radius 3 is 3.07 bits per heavy atom. The van der Waals surface area contributed by atoms with E-state index in [2.05, 4.69) is 11.4 Å². The first-order valence-electron chi connectivity index (χ1n) is 4.83.